The van der Waals surface area contributed by atoms with Gasteiger partial charge in [0.1, 0.15) is 5.82 Å². The average molecular weight is 217 g/mol. The zero-order valence-electron chi connectivity index (χ0n) is 8.56. The molecular formula is C11H14ClFO. The van der Waals surface area contributed by atoms with Crippen molar-refractivity contribution in [1.82, 2.24) is 0 Å². The van der Waals surface area contributed by atoms with Gasteiger partial charge < -0.3 is 5.11 Å². The molecule has 0 spiro atoms. The van der Waals surface area contributed by atoms with Gasteiger partial charge in [-0.15, -0.1) is 0 Å². The van der Waals surface area contributed by atoms with Gasteiger partial charge in [-0.1, -0.05) is 25.4 Å². The molecule has 0 saturated carbocycles. The lowest BCUT2D eigenvalue weighted by molar-refractivity contribution is 0.215. The van der Waals surface area contributed by atoms with Crippen molar-refractivity contribution in [2.75, 3.05) is 6.61 Å². The quantitative estimate of drug-likeness (QED) is 0.806. The van der Waals surface area contributed by atoms with Gasteiger partial charge in [-0.25, -0.2) is 4.39 Å². The molecule has 0 atom stereocenters. The van der Waals surface area contributed by atoms with E-state index in [1.54, 1.807) is 26.8 Å². The smallest absolute Gasteiger partial charge is 0.127 e. The maximum atomic E-state index is 13.5. The van der Waals surface area contributed by atoms with Crippen LogP contribution in [0.15, 0.2) is 12.1 Å². The molecular weight excluding hydrogens is 203 g/mol. The molecule has 1 nitrogen and oxygen atoms in total. The van der Waals surface area contributed by atoms with Crippen LogP contribution >= 0.6 is 11.6 Å². The Bertz CT molecular complexity index is 347. The lowest BCUT2D eigenvalue weighted by Gasteiger charge is -2.23. The lowest BCUT2D eigenvalue weighted by atomic mass is 9.85. The molecule has 1 rings (SSSR count). The molecule has 78 valence electrons. The maximum Gasteiger partial charge on any atom is 0.127 e. The first-order chi connectivity index (χ1) is 6.38. The van der Waals surface area contributed by atoms with E-state index in [1.807, 2.05) is 0 Å². The molecule has 1 aromatic rings. The number of benzene rings is 1. The minimum atomic E-state index is -0.596. The minimum absolute atomic E-state index is 0.108. The summed E-state index contributed by atoms with van der Waals surface area (Å²) in [6.45, 7) is 5.19. The normalized spacial score (nSPS) is 11.9. The fourth-order valence-corrected chi connectivity index (χ4v) is 1.41. The van der Waals surface area contributed by atoms with Crippen molar-refractivity contribution in [3.8, 4) is 0 Å². The van der Waals surface area contributed by atoms with E-state index >= 15 is 0 Å². The summed E-state index contributed by atoms with van der Waals surface area (Å²) in [5.41, 5.74) is 0.568. The summed E-state index contributed by atoms with van der Waals surface area (Å²) in [6, 6.07) is 2.98. The van der Waals surface area contributed by atoms with E-state index in [1.165, 1.54) is 6.07 Å². The van der Waals surface area contributed by atoms with E-state index in [0.29, 0.717) is 16.1 Å². The number of halogens is 2. The highest BCUT2D eigenvalue weighted by Crippen LogP contribution is 2.29. The molecule has 0 unspecified atom stereocenters. The Balaban J connectivity index is 3.29. The number of hydrogen-bond donors (Lipinski definition) is 1. The molecule has 0 amide bonds. The predicted molar refractivity (Wildman–Crippen MR) is 56.3 cm³/mol. The van der Waals surface area contributed by atoms with Crippen LogP contribution in [0.3, 0.4) is 0 Å². The summed E-state index contributed by atoms with van der Waals surface area (Å²) in [5, 5.41) is 9.65. The van der Waals surface area contributed by atoms with Crippen LogP contribution < -0.4 is 0 Å². The van der Waals surface area contributed by atoms with E-state index in [2.05, 4.69) is 0 Å². The van der Waals surface area contributed by atoms with E-state index < -0.39 is 5.41 Å². The average Bonchev–Trinajstić information content (AvgIpc) is 2.11. The summed E-state index contributed by atoms with van der Waals surface area (Å²) >= 11 is 5.90. The third-order valence-electron chi connectivity index (χ3n) is 2.37. The molecule has 1 N–H and O–H groups in total. The standard InChI is InChI=1S/C11H14ClFO/c1-7-4-10(13)8(5-9(7)12)11(2,3)6-14/h4-5,14H,6H2,1-3H3. The van der Waals surface area contributed by atoms with Gasteiger partial charge in [0.05, 0.1) is 6.61 Å². The van der Waals surface area contributed by atoms with Crippen molar-refractivity contribution < 1.29 is 9.50 Å². The minimum Gasteiger partial charge on any atom is -0.395 e. The maximum absolute atomic E-state index is 13.5. The Labute approximate surface area is 88.5 Å². The van der Waals surface area contributed by atoms with Crippen LogP contribution in [-0.4, -0.2) is 11.7 Å². The van der Waals surface area contributed by atoms with Crippen molar-refractivity contribution >= 4 is 11.6 Å². The van der Waals surface area contributed by atoms with Gasteiger partial charge >= 0.3 is 0 Å². The summed E-state index contributed by atoms with van der Waals surface area (Å²) in [6.07, 6.45) is 0. The van der Waals surface area contributed by atoms with Crippen LogP contribution in [0.25, 0.3) is 0 Å². The van der Waals surface area contributed by atoms with Gasteiger partial charge in [-0.2, -0.15) is 0 Å². The van der Waals surface area contributed by atoms with Gasteiger partial charge in [0.2, 0.25) is 0 Å². The molecule has 0 bridgehead atoms. The largest absolute Gasteiger partial charge is 0.395 e. The third kappa shape index (κ3) is 2.07. The first-order valence-corrected chi connectivity index (χ1v) is 4.83. The molecule has 0 aliphatic heterocycles. The van der Waals surface area contributed by atoms with Gasteiger partial charge in [-0.05, 0) is 30.2 Å². The fraction of sp³-hybridized carbons (Fsp3) is 0.455. The number of hydrogen-bond acceptors (Lipinski definition) is 1. The van der Waals surface area contributed by atoms with Crippen LogP contribution in [0.5, 0.6) is 0 Å². The molecule has 0 aliphatic carbocycles. The van der Waals surface area contributed by atoms with Gasteiger partial charge in [0.15, 0.2) is 0 Å². The highest BCUT2D eigenvalue weighted by atomic mass is 35.5. The molecule has 0 aromatic heterocycles. The zero-order chi connectivity index (χ0) is 10.9. The molecule has 14 heavy (non-hydrogen) atoms. The fourth-order valence-electron chi connectivity index (χ4n) is 1.25. The molecule has 0 radical (unpaired) electrons. The van der Waals surface area contributed by atoms with Crippen molar-refractivity contribution in [2.24, 2.45) is 0 Å². The van der Waals surface area contributed by atoms with Crippen molar-refractivity contribution in [1.29, 1.82) is 0 Å². The Kier molecular flexibility index (Phi) is 3.17. The second-order valence-electron chi connectivity index (χ2n) is 4.12. The molecule has 0 fully saturated rings. The van der Waals surface area contributed by atoms with Crippen molar-refractivity contribution in [3.63, 3.8) is 0 Å². The van der Waals surface area contributed by atoms with E-state index in [0.717, 1.165) is 0 Å². The predicted octanol–water partition coefficient (Wildman–Crippen LogP) is 3.06. The third-order valence-corrected chi connectivity index (χ3v) is 2.78. The van der Waals surface area contributed by atoms with Gasteiger partial charge in [0, 0.05) is 10.4 Å². The van der Waals surface area contributed by atoms with Crippen LogP contribution in [0.4, 0.5) is 4.39 Å². The number of aliphatic hydroxyl groups is 1. The Morgan fingerprint density at radius 2 is 2.00 bits per heavy atom. The van der Waals surface area contributed by atoms with Gasteiger partial charge in [0.25, 0.3) is 0 Å². The number of aliphatic hydroxyl groups excluding tert-OH is 1. The van der Waals surface area contributed by atoms with Crippen LogP contribution in [0.2, 0.25) is 5.02 Å². The molecule has 0 saturated heterocycles. The Morgan fingerprint density at radius 1 is 1.43 bits per heavy atom. The number of aryl methyl sites for hydroxylation is 1. The second-order valence-corrected chi connectivity index (χ2v) is 4.53. The number of rotatable bonds is 2. The topological polar surface area (TPSA) is 20.2 Å². The monoisotopic (exact) mass is 216 g/mol. The molecule has 1 aromatic carbocycles. The van der Waals surface area contributed by atoms with Crippen LogP contribution in [0, 0.1) is 12.7 Å². The SMILES string of the molecule is Cc1cc(F)c(C(C)(C)CO)cc1Cl. The second kappa shape index (κ2) is 3.87. The Hall–Kier alpha value is -0.600. The first-order valence-electron chi connectivity index (χ1n) is 4.45. The Morgan fingerprint density at radius 3 is 2.50 bits per heavy atom. The summed E-state index contributed by atoms with van der Waals surface area (Å²) in [5.74, 6) is -0.314. The van der Waals surface area contributed by atoms with Crippen molar-refractivity contribution in [3.05, 3.63) is 34.1 Å². The van der Waals surface area contributed by atoms with Gasteiger partial charge in [-0.3, -0.25) is 0 Å². The zero-order valence-corrected chi connectivity index (χ0v) is 9.32. The summed E-state index contributed by atoms with van der Waals surface area (Å²) < 4.78 is 13.5. The van der Waals surface area contributed by atoms with Crippen LogP contribution in [-0.2, 0) is 5.41 Å². The first kappa shape index (κ1) is 11.5. The molecule has 0 heterocycles. The molecule has 3 heteroatoms. The lowest BCUT2D eigenvalue weighted by Crippen LogP contribution is -2.23. The van der Waals surface area contributed by atoms with Crippen molar-refractivity contribution in [2.45, 2.75) is 26.2 Å². The summed E-state index contributed by atoms with van der Waals surface area (Å²) in [7, 11) is 0. The van der Waals surface area contributed by atoms with E-state index in [9.17, 15) is 4.39 Å². The highest BCUT2D eigenvalue weighted by molar-refractivity contribution is 6.31. The molecule has 0 aliphatic rings. The van der Waals surface area contributed by atoms with E-state index in [-0.39, 0.29) is 12.4 Å². The summed E-state index contributed by atoms with van der Waals surface area (Å²) in [4.78, 5) is 0. The van der Waals surface area contributed by atoms with E-state index in [4.69, 9.17) is 16.7 Å². The highest BCUT2D eigenvalue weighted by Gasteiger charge is 2.24. The van der Waals surface area contributed by atoms with Crippen LogP contribution in [0.1, 0.15) is 25.0 Å².